The highest BCUT2D eigenvalue weighted by atomic mass is 31.2. The van der Waals surface area contributed by atoms with E-state index in [1.807, 2.05) is 0 Å². The lowest BCUT2D eigenvalue weighted by atomic mass is 9.93. The number of nitrogens with one attached hydrogen (secondary N) is 1. The Kier molecular flexibility index (Phi) is 6.90. The van der Waals surface area contributed by atoms with Crippen molar-refractivity contribution in [3.05, 3.63) is 33.1 Å². The smallest absolute Gasteiger partial charge is 0.463 e. The summed E-state index contributed by atoms with van der Waals surface area (Å²) in [5, 5.41) is 0. The first-order valence-corrected chi connectivity index (χ1v) is 11.4. The molecule has 2 fully saturated rings. The normalized spacial score (nSPS) is 33.8. The highest BCUT2D eigenvalue weighted by Gasteiger charge is 2.59. The van der Waals surface area contributed by atoms with Gasteiger partial charge in [-0.1, -0.05) is 6.92 Å². The van der Waals surface area contributed by atoms with E-state index in [1.54, 1.807) is 27.7 Å². The molecule has 1 unspecified atom stereocenters. The molecule has 2 aliphatic rings. The minimum Gasteiger partial charge on any atom is -0.463 e. The quantitative estimate of drug-likeness (QED) is 0.436. The number of H-pyrrole nitrogens is 1. The van der Waals surface area contributed by atoms with Gasteiger partial charge in [0.2, 0.25) is 0 Å². The van der Waals surface area contributed by atoms with Crippen LogP contribution in [0.2, 0.25) is 0 Å². The molecule has 174 valence electrons. The van der Waals surface area contributed by atoms with E-state index >= 15 is 0 Å². The SMILES string of the molecule is CC(C)OC(=O)C(C)CCO[P@]1(=O)OC[C@H]2O[C@@H](n3ccc(=O)[nH]c3=O)[C@](C)(N)[C@@H]2O1. The topological polar surface area (TPSA) is 161 Å². The number of carbonyl (C=O) groups is 1. The Balaban J connectivity index is 1.65. The average molecular weight is 461 g/mol. The van der Waals surface area contributed by atoms with E-state index in [0.29, 0.717) is 0 Å². The number of esters is 1. The summed E-state index contributed by atoms with van der Waals surface area (Å²) >= 11 is 0. The molecule has 6 atom stereocenters. The molecule has 0 bridgehead atoms. The van der Waals surface area contributed by atoms with E-state index in [4.69, 9.17) is 28.8 Å². The Hall–Kier alpha value is -1.82. The Morgan fingerprint density at radius 3 is 2.77 bits per heavy atom. The lowest BCUT2D eigenvalue weighted by Crippen LogP contribution is -2.55. The third-order valence-electron chi connectivity index (χ3n) is 5.08. The van der Waals surface area contributed by atoms with Gasteiger partial charge in [0.1, 0.15) is 12.2 Å². The summed E-state index contributed by atoms with van der Waals surface area (Å²) < 4.78 is 41.2. The molecule has 0 saturated carbocycles. The number of hydrogen-bond acceptors (Lipinski definition) is 10. The van der Waals surface area contributed by atoms with Gasteiger partial charge in [-0.15, -0.1) is 0 Å². The van der Waals surface area contributed by atoms with Gasteiger partial charge in [-0.25, -0.2) is 9.36 Å². The van der Waals surface area contributed by atoms with Gasteiger partial charge < -0.3 is 15.2 Å². The van der Waals surface area contributed by atoms with Crippen LogP contribution in [0.3, 0.4) is 0 Å². The lowest BCUT2D eigenvalue weighted by molar-refractivity contribution is -0.152. The minimum atomic E-state index is -3.97. The predicted octanol–water partition coefficient (Wildman–Crippen LogP) is 0.669. The molecular weight excluding hydrogens is 433 g/mol. The number of aromatic amines is 1. The fraction of sp³-hybridized carbons (Fsp3) is 0.722. The van der Waals surface area contributed by atoms with Crippen molar-refractivity contribution < 1.29 is 32.4 Å². The molecule has 0 radical (unpaired) electrons. The molecule has 2 saturated heterocycles. The van der Waals surface area contributed by atoms with E-state index in [2.05, 4.69) is 4.98 Å². The third kappa shape index (κ3) is 5.16. The van der Waals surface area contributed by atoms with Crippen molar-refractivity contribution >= 4 is 13.8 Å². The van der Waals surface area contributed by atoms with Crippen LogP contribution in [0.25, 0.3) is 0 Å². The van der Waals surface area contributed by atoms with Gasteiger partial charge in [-0.2, -0.15) is 0 Å². The first-order valence-electron chi connectivity index (χ1n) is 9.97. The van der Waals surface area contributed by atoms with Crippen molar-refractivity contribution in [2.45, 2.75) is 64.2 Å². The Labute approximate surface area is 178 Å². The second-order valence-electron chi connectivity index (χ2n) is 8.19. The zero-order valence-corrected chi connectivity index (χ0v) is 18.7. The van der Waals surface area contributed by atoms with Crippen LogP contribution in [0.4, 0.5) is 0 Å². The number of hydrogen-bond donors (Lipinski definition) is 2. The summed E-state index contributed by atoms with van der Waals surface area (Å²) in [5.74, 6) is -0.840. The van der Waals surface area contributed by atoms with E-state index in [-0.39, 0.29) is 31.7 Å². The van der Waals surface area contributed by atoms with Crippen LogP contribution in [0.5, 0.6) is 0 Å². The number of aromatic nitrogens is 2. The van der Waals surface area contributed by atoms with Crippen molar-refractivity contribution in [3.8, 4) is 0 Å². The van der Waals surface area contributed by atoms with Crippen molar-refractivity contribution in [1.82, 2.24) is 9.55 Å². The third-order valence-corrected chi connectivity index (χ3v) is 6.53. The van der Waals surface area contributed by atoms with Crippen LogP contribution >= 0.6 is 7.82 Å². The number of rotatable bonds is 7. The molecule has 31 heavy (non-hydrogen) atoms. The van der Waals surface area contributed by atoms with Crippen molar-refractivity contribution in [1.29, 1.82) is 0 Å². The maximum absolute atomic E-state index is 12.9. The molecule has 1 aromatic rings. The highest BCUT2D eigenvalue weighted by Crippen LogP contribution is 2.58. The van der Waals surface area contributed by atoms with E-state index in [9.17, 15) is 18.9 Å². The number of carbonyl (C=O) groups excluding carboxylic acids is 1. The molecule has 3 N–H and O–H groups in total. The van der Waals surface area contributed by atoms with E-state index < -0.39 is 49.0 Å². The molecule has 0 aliphatic carbocycles. The van der Waals surface area contributed by atoms with Gasteiger partial charge in [-0.05, 0) is 27.2 Å². The lowest BCUT2D eigenvalue weighted by Gasteiger charge is -2.35. The van der Waals surface area contributed by atoms with Gasteiger partial charge in [0.15, 0.2) is 6.23 Å². The predicted molar refractivity (Wildman–Crippen MR) is 107 cm³/mol. The maximum Gasteiger partial charge on any atom is 0.475 e. The number of nitrogens with two attached hydrogens (primary N) is 1. The fourth-order valence-electron chi connectivity index (χ4n) is 3.42. The Morgan fingerprint density at radius 2 is 2.13 bits per heavy atom. The second-order valence-corrected chi connectivity index (χ2v) is 9.81. The van der Waals surface area contributed by atoms with Crippen molar-refractivity contribution in [2.75, 3.05) is 13.2 Å². The van der Waals surface area contributed by atoms with Gasteiger partial charge in [0, 0.05) is 12.3 Å². The summed E-state index contributed by atoms with van der Waals surface area (Å²) in [6, 6.07) is 1.17. The number of phosphoric ester groups is 1. The first-order chi connectivity index (χ1) is 14.4. The molecule has 3 heterocycles. The number of ether oxygens (including phenoxy) is 2. The molecule has 12 nitrogen and oxygen atoms in total. The highest BCUT2D eigenvalue weighted by molar-refractivity contribution is 7.48. The maximum atomic E-state index is 12.9. The Morgan fingerprint density at radius 1 is 1.42 bits per heavy atom. The summed E-state index contributed by atoms with van der Waals surface area (Å²) in [6.07, 6.45) is -1.31. The van der Waals surface area contributed by atoms with Crippen molar-refractivity contribution in [3.63, 3.8) is 0 Å². The van der Waals surface area contributed by atoms with Gasteiger partial charge in [0.25, 0.3) is 5.56 Å². The summed E-state index contributed by atoms with van der Waals surface area (Å²) in [5.41, 5.74) is 3.86. The molecule has 0 aromatic carbocycles. The molecule has 0 amide bonds. The number of nitrogens with zero attached hydrogens (tertiary/aromatic N) is 1. The summed E-state index contributed by atoms with van der Waals surface area (Å²) in [6.45, 7) is 6.57. The van der Waals surface area contributed by atoms with Crippen LogP contribution in [0, 0.1) is 5.92 Å². The number of phosphoric acid groups is 1. The van der Waals surface area contributed by atoms with Crippen molar-refractivity contribution in [2.24, 2.45) is 11.7 Å². The monoisotopic (exact) mass is 461 g/mol. The van der Waals surface area contributed by atoms with Gasteiger partial charge in [0.05, 0.1) is 30.8 Å². The molecule has 0 spiro atoms. The molecule has 1 aromatic heterocycles. The first kappa shape index (κ1) is 23.8. The van der Waals surface area contributed by atoms with Crippen LogP contribution < -0.4 is 17.0 Å². The van der Waals surface area contributed by atoms with E-state index in [1.165, 1.54) is 12.3 Å². The zero-order chi connectivity index (χ0) is 23.0. The number of fused-ring (bicyclic) bond motifs is 1. The summed E-state index contributed by atoms with van der Waals surface area (Å²) in [7, 11) is -3.97. The fourth-order valence-corrected chi connectivity index (χ4v) is 4.92. The molecular formula is C18H28N3O9P. The molecule has 2 aliphatic heterocycles. The molecule has 13 heteroatoms. The standard InChI is InChI=1S/C18H28N3O9P/c1-10(2)28-15(23)11(3)6-8-26-31(25)27-9-12-14(30-31)18(4,19)16(29-12)21-7-5-13(22)20-17(21)24/h5,7,10-12,14,16H,6,8-9,19H2,1-4H3,(H,20,22,24)/t11?,12-,14-,16-,18-,31-/m1/s1. The Bertz CT molecular complexity index is 973. The van der Waals surface area contributed by atoms with Crippen LogP contribution in [-0.4, -0.2) is 52.6 Å². The van der Waals surface area contributed by atoms with Gasteiger partial charge >= 0.3 is 19.5 Å². The van der Waals surface area contributed by atoms with E-state index in [0.717, 1.165) is 4.57 Å². The average Bonchev–Trinajstić information content (AvgIpc) is 2.91. The van der Waals surface area contributed by atoms with Crippen LogP contribution in [0.15, 0.2) is 21.9 Å². The van der Waals surface area contributed by atoms with Gasteiger partial charge in [-0.3, -0.25) is 32.7 Å². The zero-order valence-electron chi connectivity index (χ0n) is 17.8. The van der Waals surface area contributed by atoms with Crippen LogP contribution in [-0.2, 0) is 32.4 Å². The minimum absolute atomic E-state index is 0.0615. The van der Waals surface area contributed by atoms with Crippen LogP contribution in [0.1, 0.15) is 40.3 Å². The molecule has 3 rings (SSSR count). The second kappa shape index (κ2) is 8.97. The largest absolute Gasteiger partial charge is 0.475 e. The summed E-state index contributed by atoms with van der Waals surface area (Å²) in [4.78, 5) is 37.5.